The van der Waals surface area contributed by atoms with Crippen LogP contribution in [0.15, 0.2) is 47.4 Å². The minimum atomic E-state index is -0.186. The van der Waals surface area contributed by atoms with Crippen LogP contribution in [-0.2, 0) is 0 Å². The predicted molar refractivity (Wildman–Crippen MR) is 91.4 cm³/mol. The Bertz CT molecular complexity index is 950. The Morgan fingerprint density at radius 2 is 1.88 bits per heavy atom. The highest BCUT2D eigenvalue weighted by molar-refractivity contribution is 5.81. The van der Waals surface area contributed by atoms with E-state index in [0.717, 1.165) is 0 Å². The van der Waals surface area contributed by atoms with E-state index >= 15 is 0 Å². The molecule has 0 radical (unpaired) electrons. The van der Waals surface area contributed by atoms with Gasteiger partial charge in [-0.2, -0.15) is 5.10 Å². The monoisotopic (exact) mass is 323 g/mol. The van der Waals surface area contributed by atoms with Gasteiger partial charge in [0.05, 0.1) is 17.4 Å². The van der Waals surface area contributed by atoms with Gasteiger partial charge in [-0.25, -0.2) is 14.6 Å². The highest BCUT2D eigenvalue weighted by Gasteiger charge is 2.16. The second-order valence-corrected chi connectivity index (χ2v) is 5.60. The highest BCUT2D eigenvalue weighted by atomic mass is 16.3. The molecule has 7 heteroatoms. The van der Waals surface area contributed by atoms with Crippen LogP contribution in [0, 0.1) is 0 Å². The van der Waals surface area contributed by atoms with Crippen LogP contribution in [0.4, 0.5) is 5.95 Å². The molecule has 122 valence electrons. The number of benzene rings is 1. The van der Waals surface area contributed by atoms with E-state index in [1.54, 1.807) is 36.5 Å². The molecule has 0 saturated carbocycles. The largest absolute Gasteiger partial charge is 0.507 e. The van der Waals surface area contributed by atoms with Crippen molar-refractivity contribution in [3.63, 3.8) is 0 Å². The van der Waals surface area contributed by atoms with Crippen molar-refractivity contribution in [2.24, 2.45) is 0 Å². The van der Waals surface area contributed by atoms with Gasteiger partial charge in [-0.1, -0.05) is 12.1 Å². The van der Waals surface area contributed by atoms with Crippen LogP contribution in [0.5, 0.6) is 5.75 Å². The minimum absolute atomic E-state index is 0.0778. The molecule has 0 unspecified atom stereocenters. The number of nitrogens with zero attached hydrogens (tertiary/aromatic N) is 4. The SMILES string of the molecule is CC(C)n1nc(-c2cnc(N)nc2-c2ccccc2O)ccc1=O. The third kappa shape index (κ3) is 2.83. The topological polar surface area (TPSA) is 107 Å². The smallest absolute Gasteiger partial charge is 0.267 e. The predicted octanol–water partition coefficient (Wildman–Crippen LogP) is 2.24. The zero-order valence-electron chi connectivity index (χ0n) is 13.3. The van der Waals surface area contributed by atoms with Gasteiger partial charge in [-0.15, -0.1) is 0 Å². The fourth-order valence-corrected chi connectivity index (χ4v) is 2.40. The lowest BCUT2D eigenvalue weighted by Gasteiger charge is -2.13. The number of hydrogen-bond donors (Lipinski definition) is 2. The van der Waals surface area contributed by atoms with Crippen molar-refractivity contribution < 1.29 is 5.11 Å². The van der Waals surface area contributed by atoms with Crippen LogP contribution >= 0.6 is 0 Å². The maximum Gasteiger partial charge on any atom is 0.267 e. The molecule has 2 aromatic heterocycles. The zero-order chi connectivity index (χ0) is 17.3. The quantitative estimate of drug-likeness (QED) is 0.765. The summed E-state index contributed by atoms with van der Waals surface area (Å²) in [5, 5.41) is 14.5. The summed E-state index contributed by atoms with van der Waals surface area (Å²) >= 11 is 0. The van der Waals surface area contributed by atoms with Crippen molar-refractivity contribution in [1.29, 1.82) is 0 Å². The molecule has 3 rings (SSSR count). The number of hydrogen-bond acceptors (Lipinski definition) is 6. The number of anilines is 1. The summed E-state index contributed by atoms with van der Waals surface area (Å²) in [5.74, 6) is 0.170. The third-order valence-electron chi connectivity index (χ3n) is 3.56. The van der Waals surface area contributed by atoms with Crippen molar-refractivity contribution in [2.45, 2.75) is 19.9 Å². The maximum absolute atomic E-state index is 11.9. The number of para-hydroxylation sites is 1. The van der Waals surface area contributed by atoms with Crippen molar-refractivity contribution >= 4 is 5.95 Å². The maximum atomic E-state index is 11.9. The first kappa shape index (κ1) is 15.7. The highest BCUT2D eigenvalue weighted by Crippen LogP contribution is 2.34. The van der Waals surface area contributed by atoms with Crippen LogP contribution in [0.25, 0.3) is 22.5 Å². The van der Waals surface area contributed by atoms with E-state index in [2.05, 4.69) is 15.1 Å². The molecule has 1 aromatic carbocycles. The van der Waals surface area contributed by atoms with Crippen molar-refractivity contribution in [2.75, 3.05) is 5.73 Å². The molecule has 3 N–H and O–H groups in total. The summed E-state index contributed by atoms with van der Waals surface area (Å²) in [7, 11) is 0. The molecule has 0 aliphatic heterocycles. The van der Waals surface area contributed by atoms with Crippen LogP contribution in [-0.4, -0.2) is 24.9 Å². The molecule has 0 fully saturated rings. The molecule has 7 nitrogen and oxygen atoms in total. The van der Waals surface area contributed by atoms with E-state index in [1.165, 1.54) is 10.7 Å². The molecule has 2 heterocycles. The molecule has 3 aromatic rings. The summed E-state index contributed by atoms with van der Waals surface area (Å²) in [6, 6.07) is 9.80. The minimum Gasteiger partial charge on any atom is -0.507 e. The Hall–Kier alpha value is -3.22. The number of aromatic nitrogens is 4. The molecular formula is C17H17N5O2. The first-order valence-corrected chi connectivity index (χ1v) is 7.48. The van der Waals surface area contributed by atoms with E-state index < -0.39 is 0 Å². The molecule has 0 bridgehead atoms. The van der Waals surface area contributed by atoms with E-state index in [9.17, 15) is 9.90 Å². The van der Waals surface area contributed by atoms with Gasteiger partial charge in [0, 0.05) is 23.4 Å². The first-order chi connectivity index (χ1) is 11.5. The third-order valence-corrected chi connectivity index (χ3v) is 3.56. The fourth-order valence-electron chi connectivity index (χ4n) is 2.40. The second-order valence-electron chi connectivity index (χ2n) is 5.60. The van der Waals surface area contributed by atoms with Crippen molar-refractivity contribution in [3.05, 3.63) is 52.9 Å². The molecule has 0 atom stereocenters. The second kappa shape index (κ2) is 6.11. The molecule has 0 saturated heterocycles. The van der Waals surface area contributed by atoms with Gasteiger partial charge >= 0.3 is 0 Å². The van der Waals surface area contributed by atoms with E-state index in [4.69, 9.17) is 5.73 Å². The average molecular weight is 323 g/mol. The standard InChI is InChI=1S/C17H17N5O2/c1-10(2)22-15(24)8-7-13(21-22)12-9-19-17(18)20-16(12)11-5-3-4-6-14(11)23/h3-10,23H,1-2H3,(H2,18,19,20). The number of nitrogen functional groups attached to an aromatic ring is 1. The van der Waals surface area contributed by atoms with Crippen LogP contribution in [0.1, 0.15) is 19.9 Å². The Labute approximate surface area is 138 Å². The van der Waals surface area contributed by atoms with E-state index in [-0.39, 0.29) is 23.3 Å². The van der Waals surface area contributed by atoms with E-state index in [0.29, 0.717) is 22.5 Å². The lowest BCUT2D eigenvalue weighted by Crippen LogP contribution is -2.24. The molecular weight excluding hydrogens is 306 g/mol. The number of phenols is 1. The summed E-state index contributed by atoms with van der Waals surface area (Å²) in [4.78, 5) is 20.2. The fraction of sp³-hybridized carbons (Fsp3) is 0.176. The summed E-state index contributed by atoms with van der Waals surface area (Å²) in [6.45, 7) is 3.75. The molecule has 0 amide bonds. The number of nitrogens with two attached hydrogens (primary N) is 1. The van der Waals surface area contributed by atoms with E-state index in [1.807, 2.05) is 13.8 Å². The van der Waals surface area contributed by atoms with Crippen molar-refractivity contribution in [1.82, 2.24) is 19.7 Å². The van der Waals surface area contributed by atoms with Gasteiger partial charge in [0.2, 0.25) is 5.95 Å². The normalized spacial score (nSPS) is 11.0. The van der Waals surface area contributed by atoms with Crippen LogP contribution in [0.3, 0.4) is 0 Å². The van der Waals surface area contributed by atoms with Crippen LogP contribution < -0.4 is 11.3 Å². The zero-order valence-corrected chi connectivity index (χ0v) is 13.3. The van der Waals surface area contributed by atoms with Gasteiger partial charge < -0.3 is 10.8 Å². The summed E-state index contributed by atoms with van der Waals surface area (Å²) in [5.41, 5.74) is 7.62. The van der Waals surface area contributed by atoms with Gasteiger partial charge in [0.1, 0.15) is 5.75 Å². The van der Waals surface area contributed by atoms with Gasteiger partial charge in [0.25, 0.3) is 5.56 Å². The number of aromatic hydroxyl groups is 1. The Morgan fingerprint density at radius 1 is 1.12 bits per heavy atom. The number of rotatable bonds is 3. The number of phenolic OH excluding ortho intramolecular Hbond substituents is 1. The molecule has 0 aliphatic carbocycles. The van der Waals surface area contributed by atoms with Gasteiger partial charge in [-0.3, -0.25) is 4.79 Å². The summed E-state index contributed by atoms with van der Waals surface area (Å²) < 4.78 is 1.39. The van der Waals surface area contributed by atoms with Crippen molar-refractivity contribution in [3.8, 4) is 28.3 Å². The average Bonchev–Trinajstić information content (AvgIpc) is 2.55. The molecule has 0 aliphatic rings. The molecule has 0 spiro atoms. The molecule has 24 heavy (non-hydrogen) atoms. The van der Waals surface area contributed by atoms with Gasteiger partial charge in [0.15, 0.2) is 0 Å². The summed E-state index contributed by atoms with van der Waals surface area (Å²) in [6.07, 6.45) is 1.54. The van der Waals surface area contributed by atoms with Crippen LogP contribution in [0.2, 0.25) is 0 Å². The Balaban J connectivity index is 2.25. The Kier molecular flexibility index (Phi) is 3.99. The van der Waals surface area contributed by atoms with Gasteiger partial charge in [-0.05, 0) is 32.0 Å². The first-order valence-electron chi connectivity index (χ1n) is 7.48. The lowest BCUT2D eigenvalue weighted by molar-refractivity contribution is 0.477. The Morgan fingerprint density at radius 3 is 2.58 bits per heavy atom. The lowest BCUT2D eigenvalue weighted by atomic mass is 10.0.